The van der Waals surface area contributed by atoms with Crippen LogP contribution < -0.4 is 10.0 Å². The van der Waals surface area contributed by atoms with Crippen molar-refractivity contribution in [1.29, 1.82) is 0 Å². The van der Waals surface area contributed by atoms with Gasteiger partial charge in [0, 0.05) is 19.2 Å². The molecule has 10 heteroatoms. The summed E-state index contributed by atoms with van der Waals surface area (Å²) in [6.45, 7) is 1.03. The molecule has 0 aliphatic heterocycles. The van der Waals surface area contributed by atoms with Gasteiger partial charge in [-0.1, -0.05) is 36.4 Å². The van der Waals surface area contributed by atoms with Crippen molar-refractivity contribution in [2.75, 3.05) is 11.9 Å². The minimum Gasteiger partial charge on any atom is -0.326 e. The number of amides is 1. The van der Waals surface area contributed by atoms with Crippen molar-refractivity contribution in [2.45, 2.75) is 21.3 Å². The molecule has 0 fully saturated rings. The van der Waals surface area contributed by atoms with Gasteiger partial charge in [-0.3, -0.25) is 4.79 Å². The first kappa shape index (κ1) is 22.2. The second-order valence-corrected chi connectivity index (χ2v) is 11.5. The summed E-state index contributed by atoms with van der Waals surface area (Å²) in [5.74, 6) is -0.270. The summed E-state index contributed by atoms with van der Waals surface area (Å²) in [4.78, 5) is 11.1. The fourth-order valence-electron chi connectivity index (χ4n) is 2.83. The van der Waals surface area contributed by atoms with E-state index in [-0.39, 0.29) is 21.6 Å². The molecule has 0 spiro atoms. The van der Waals surface area contributed by atoms with Crippen LogP contribution in [0.5, 0.6) is 0 Å². The van der Waals surface area contributed by atoms with Gasteiger partial charge in [0.05, 0.1) is 4.90 Å². The van der Waals surface area contributed by atoms with E-state index in [0.29, 0.717) is 11.3 Å². The summed E-state index contributed by atoms with van der Waals surface area (Å²) in [6, 6.07) is 17.3. The van der Waals surface area contributed by atoms with Gasteiger partial charge in [-0.2, -0.15) is 0 Å². The van der Waals surface area contributed by atoms with Gasteiger partial charge in [-0.15, -0.1) is 11.3 Å². The first-order chi connectivity index (χ1) is 14.2. The number of benzene rings is 2. The zero-order chi connectivity index (χ0) is 21.8. The normalized spacial score (nSPS) is 13.0. The Balaban J connectivity index is 1.86. The van der Waals surface area contributed by atoms with Crippen LogP contribution in [0, 0.1) is 0 Å². The molecule has 0 unspecified atom stereocenters. The highest BCUT2D eigenvalue weighted by Crippen LogP contribution is 2.31. The molecule has 1 amide bonds. The summed E-state index contributed by atoms with van der Waals surface area (Å²) in [6.07, 6.45) is 0. The predicted molar refractivity (Wildman–Crippen MR) is 117 cm³/mol. The minimum absolute atomic E-state index is 0.0306. The fraction of sp³-hybridized carbons (Fsp3) is 0.150. The monoisotopic (exact) mass is 464 g/mol. The van der Waals surface area contributed by atoms with Gasteiger partial charge >= 0.3 is 0 Å². The first-order valence-corrected chi connectivity index (χ1v) is 12.8. The second-order valence-electron chi connectivity index (χ2n) is 6.43. The van der Waals surface area contributed by atoms with Crippen molar-refractivity contribution in [3.63, 3.8) is 0 Å². The summed E-state index contributed by atoms with van der Waals surface area (Å²) in [5.41, 5.74) is 0.957. The molecule has 158 valence electrons. The largest absolute Gasteiger partial charge is 0.326 e. The number of carbonyl (C=O) groups excluding carboxylic acids is 1. The Bertz CT molecular complexity index is 1210. The van der Waals surface area contributed by atoms with Gasteiger partial charge in [0.25, 0.3) is 0 Å². The number of sulfonamides is 1. The van der Waals surface area contributed by atoms with Gasteiger partial charge < -0.3 is 5.32 Å². The van der Waals surface area contributed by atoms with Crippen LogP contribution in [0.25, 0.3) is 0 Å². The van der Waals surface area contributed by atoms with E-state index in [2.05, 4.69) is 10.0 Å². The lowest BCUT2D eigenvalue weighted by molar-refractivity contribution is -0.114. The quantitative estimate of drug-likeness (QED) is 0.532. The molecule has 2 aromatic carbocycles. The number of sulfone groups is 1. The highest BCUT2D eigenvalue weighted by atomic mass is 32.2. The molecule has 1 aromatic heterocycles. The van der Waals surface area contributed by atoms with E-state index in [9.17, 15) is 21.6 Å². The van der Waals surface area contributed by atoms with Crippen LogP contribution in [-0.2, 0) is 24.7 Å². The number of nitrogens with one attached hydrogen (secondary N) is 2. The number of hydrogen-bond acceptors (Lipinski definition) is 6. The van der Waals surface area contributed by atoms with E-state index in [4.69, 9.17) is 0 Å². The Morgan fingerprint density at radius 2 is 1.60 bits per heavy atom. The number of thiophene rings is 1. The van der Waals surface area contributed by atoms with Crippen LogP contribution in [-0.4, -0.2) is 29.3 Å². The Hall–Kier alpha value is -2.53. The molecule has 1 heterocycles. The highest BCUT2D eigenvalue weighted by Gasteiger charge is 2.31. The van der Waals surface area contributed by atoms with E-state index in [0.717, 1.165) is 11.3 Å². The average molecular weight is 465 g/mol. The first-order valence-electron chi connectivity index (χ1n) is 8.90. The second kappa shape index (κ2) is 9.09. The average Bonchev–Trinajstić information content (AvgIpc) is 3.24. The number of anilines is 1. The van der Waals surface area contributed by atoms with Crippen LogP contribution in [0.4, 0.5) is 5.69 Å². The van der Waals surface area contributed by atoms with Crippen molar-refractivity contribution in [3.05, 3.63) is 77.7 Å². The minimum atomic E-state index is -3.96. The standard InChI is InChI=1S/C20H20N2O5S3/c1-15(23)22-17-9-11-18(12-10-17)30(26,27)21-14-19(16-6-3-2-4-7-16)29(24,25)20-8-5-13-28-20/h2-13,19,21H,14H2,1H3,(H,22,23)/t19-/m0/s1. The number of carbonyl (C=O) groups is 1. The Labute approximate surface area is 179 Å². The van der Waals surface area contributed by atoms with Crippen molar-refractivity contribution < 1.29 is 21.6 Å². The molecule has 0 radical (unpaired) electrons. The van der Waals surface area contributed by atoms with Crippen molar-refractivity contribution in [3.8, 4) is 0 Å². The summed E-state index contributed by atoms with van der Waals surface area (Å²) >= 11 is 1.09. The molecular weight excluding hydrogens is 444 g/mol. The maximum absolute atomic E-state index is 13.1. The zero-order valence-electron chi connectivity index (χ0n) is 16.0. The van der Waals surface area contributed by atoms with Gasteiger partial charge in [-0.25, -0.2) is 21.6 Å². The molecule has 0 aliphatic rings. The molecular formula is C20H20N2O5S3. The topological polar surface area (TPSA) is 109 Å². The Kier molecular flexibility index (Phi) is 6.71. The van der Waals surface area contributed by atoms with Crippen molar-refractivity contribution in [1.82, 2.24) is 4.72 Å². The van der Waals surface area contributed by atoms with Crippen LogP contribution in [0.15, 0.2) is 81.2 Å². The third-order valence-corrected chi connectivity index (χ3v) is 9.24. The number of rotatable bonds is 8. The molecule has 3 aromatic rings. The lowest BCUT2D eigenvalue weighted by atomic mass is 10.1. The maximum Gasteiger partial charge on any atom is 0.240 e. The third kappa shape index (κ3) is 5.14. The number of hydrogen-bond donors (Lipinski definition) is 2. The molecule has 30 heavy (non-hydrogen) atoms. The van der Waals surface area contributed by atoms with Crippen LogP contribution in [0.3, 0.4) is 0 Å². The van der Waals surface area contributed by atoms with E-state index >= 15 is 0 Å². The molecule has 0 saturated carbocycles. The van der Waals surface area contributed by atoms with Crippen molar-refractivity contribution >= 4 is 42.8 Å². The van der Waals surface area contributed by atoms with E-state index in [1.165, 1.54) is 37.3 Å². The predicted octanol–water partition coefficient (Wildman–Crippen LogP) is 3.20. The van der Waals surface area contributed by atoms with Crippen molar-refractivity contribution in [2.24, 2.45) is 0 Å². The molecule has 2 N–H and O–H groups in total. The smallest absolute Gasteiger partial charge is 0.240 e. The lowest BCUT2D eigenvalue weighted by Crippen LogP contribution is -2.31. The molecule has 7 nitrogen and oxygen atoms in total. The molecule has 3 rings (SSSR count). The van der Waals surface area contributed by atoms with Gasteiger partial charge in [-0.05, 0) is 41.3 Å². The van der Waals surface area contributed by atoms with E-state index in [1.807, 2.05) is 0 Å². The lowest BCUT2D eigenvalue weighted by Gasteiger charge is -2.18. The molecule has 0 aliphatic carbocycles. The van der Waals surface area contributed by atoms with Crippen LogP contribution in [0.1, 0.15) is 17.7 Å². The SMILES string of the molecule is CC(=O)Nc1ccc(S(=O)(=O)NC[C@@H](c2ccccc2)S(=O)(=O)c2cccs2)cc1. The van der Waals surface area contributed by atoms with Gasteiger partial charge in [0.15, 0.2) is 9.84 Å². The van der Waals surface area contributed by atoms with E-state index < -0.39 is 25.1 Å². The summed E-state index contributed by atoms with van der Waals surface area (Å²) in [5, 5.41) is 3.14. The summed E-state index contributed by atoms with van der Waals surface area (Å²) < 4.78 is 54.3. The molecule has 0 saturated heterocycles. The maximum atomic E-state index is 13.1. The van der Waals surface area contributed by atoms with Gasteiger partial charge in [0.1, 0.15) is 9.46 Å². The van der Waals surface area contributed by atoms with E-state index in [1.54, 1.807) is 41.8 Å². The highest BCUT2D eigenvalue weighted by molar-refractivity contribution is 7.93. The summed E-state index contributed by atoms with van der Waals surface area (Å²) in [7, 11) is -7.75. The fourth-order valence-corrected chi connectivity index (χ4v) is 6.85. The molecule has 1 atom stereocenters. The van der Waals surface area contributed by atoms with Crippen LogP contribution >= 0.6 is 11.3 Å². The Morgan fingerprint density at radius 1 is 0.933 bits per heavy atom. The third-order valence-electron chi connectivity index (χ3n) is 4.27. The van der Waals surface area contributed by atoms with Crippen LogP contribution in [0.2, 0.25) is 0 Å². The zero-order valence-corrected chi connectivity index (χ0v) is 18.4. The Morgan fingerprint density at radius 3 is 2.17 bits per heavy atom. The van der Waals surface area contributed by atoms with Gasteiger partial charge in [0.2, 0.25) is 15.9 Å². The molecule has 0 bridgehead atoms.